The van der Waals surface area contributed by atoms with E-state index in [2.05, 4.69) is 6.92 Å². The Hall–Kier alpha value is -4.14. The summed E-state index contributed by atoms with van der Waals surface area (Å²) >= 11 is 18.0. The van der Waals surface area contributed by atoms with Crippen molar-refractivity contribution in [2.75, 3.05) is 81.7 Å². The fraction of sp³-hybridized carbons (Fsp3) is 0.831. The summed E-state index contributed by atoms with van der Waals surface area (Å²) in [6.45, 7) is 27.9. The summed E-state index contributed by atoms with van der Waals surface area (Å²) in [5.41, 5.74) is 0.430. The summed E-state index contributed by atoms with van der Waals surface area (Å²) in [4.78, 5) is 79.9. The zero-order valence-corrected chi connectivity index (χ0v) is 69.7. The highest BCUT2D eigenvalue weighted by molar-refractivity contribution is 6.76. The Morgan fingerprint density at radius 2 is 0.658 bits per heavy atom. The Morgan fingerprint density at radius 1 is 0.360 bits per heavy atom. The lowest BCUT2D eigenvalue weighted by Crippen LogP contribution is -2.64. The average Bonchev–Trinajstić information content (AvgIpc) is 1.75. The summed E-state index contributed by atoms with van der Waals surface area (Å²) in [7, 11) is 7.75. The van der Waals surface area contributed by atoms with Crippen LogP contribution in [0.4, 0.5) is 0 Å². The molecule has 0 aliphatic carbocycles. The number of halogens is 3. The standard InChI is InChI=1S/C77H117Cl3N2O29/c1-33-34(2)52(30-94-45(13)83)99-69(38(33)6)107-63-44(12)66(97-48(16)86)75(104-57(63)32-96-47(15)85)108-58-35(3)39(7)70(98-51(58)26-82-67(87)49-24-22-23-25-50(49)68(82)88)105-61-42(10)64(92-20)73(102-54(61)28-90-18)109-59-36(4)40(8)71(100-53(59)27-89-17)106-62-43(11)65(93-21)74(103-55(62)29-91-19)110-60-37(5)41(9)72(111-76(81)77(78,79)80)101-56(60)31-95-46(14)84/h22-25,33-44,51-66,69-75,81H,26-32H2,1-21H3/t33?,34-,35+,36?,37+,38?,39?,40?,41?,42-,43?,44?,51?,52+,53+,54?,55+,56?,57+,58+,59-,60+,61+,62-,63-,64?,65?,66?,69+,70-,71+,72?,73-,74+,75+/m0/s1. The minimum absolute atomic E-state index is 0.00667. The third-order valence-electron chi connectivity index (χ3n) is 24.0. The van der Waals surface area contributed by atoms with Crippen molar-refractivity contribution in [1.29, 1.82) is 5.41 Å². The van der Waals surface area contributed by atoms with Crippen molar-refractivity contribution in [2.45, 2.75) is 256 Å². The number of alkyl halides is 3. The molecule has 0 saturated carbocycles. The Morgan fingerprint density at radius 3 is 1.03 bits per heavy atom. The minimum atomic E-state index is -2.16. The molecule has 8 heterocycles. The van der Waals surface area contributed by atoms with Crippen molar-refractivity contribution >= 4 is 76.4 Å². The molecule has 630 valence electrons. The Labute approximate surface area is 665 Å². The van der Waals surface area contributed by atoms with Crippen LogP contribution in [0.5, 0.6) is 0 Å². The van der Waals surface area contributed by atoms with Crippen LogP contribution in [-0.4, -0.2) is 274 Å². The van der Waals surface area contributed by atoms with Crippen LogP contribution >= 0.6 is 34.8 Å². The monoisotopic (exact) mass is 1640 g/mol. The molecule has 35 atom stereocenters. The Balaban J connectivity index is 0.927. The fourth-order valence-corrected chi connectivity index (χ4v) is 16.7. The molecule has 9 rings (SSSR count). The van der Waals surface area contributed by atoms with Gasteiger partial charge in [-0.15, -0.1) is 0 Å². The highest BCUT2D eigenvalue weighted by atomic mass is 35.6. The number of carbonyl (C=O) groups excluding carboxylic acids is 6. The van der Waals surface area contributed by atoms with Gasteiger partial charge in [0.05, 0.1) is 80.2 Å². The van der Waals surface area contributed by atoms with Gasteiger partial charge in [0.1, 0.15) is 68.7 Å². The van der Waals surface area contributed by atoms with Crippen molar-refractivity contribution in [1.82, 2.24) is 4.90 Å². The first-order chi connectivity index (χ1) is 52.5. The van der Waals surface area contributed by atoms with Gasteiger partial charge < -0.3 is 109 Å². The summed E-state index contributed by atoms with van der Waals surface area (Å²) in [6, 6.07) is 6.53. The molecule has 8 aliphatic heterocycles. The van der Waals surface area contributed by atoms with Gasteiger partial charge in [-0.3, -0.25) is 39.1 Å². The number of fused-ring (bicyclic) bond motifs is 1. The van der Waals surface area contributed by atoms with Crippen LogP contribution in [-0.2, 0) is 128 Å². The van der Waals surface area contributed by atoms with Crippen LogP contribution in [0.25, 0.3) is 0 Å². The number of rotatable bonds is 30. The molecule has 0 radical (unpaired) electrons. The summed E-state index contributed by atoms with van der Waals surface area (Å²) < 4.78 is 146. The topological polar surface area (TPSA) is 342 Å². The first-order valence-corrected chi connectivity index (χ1v) is 39.5. The zero-order chi connectivity index (χ0) is 81.5. The normalized spacial score (nSPS) is 41.5. The van der Waals surface area contributed by atoms with Gasteiger partial charge in [-0.25, -0.2) is 0 Å². The molecule has 15 unspecified atom stereocenters. The lowest BCUT2D eigenvalue weighted by molar-refractivity contribution is -0.381. The number of hydrogen-bond donors (Lipinski definition) is 1. The smallest absolute Gasteiger partial charge is 0.303 e. The molecule has 1 aromatic carbocycles. The molecule has 8 aliphatic rings. The highest BCUT2D eigenvalue weighted by Gasteiger charge is 2.59. The number of amides is 2. The van der Waals surface area contributed by atoms with Crippen LogP contribution in [0, 0.1) is 76.4 Å². The van der Waals surface area contributed by atoms with E-state index >= 15 is 0 Å². The van der Waals surface area contributed by atoms with Gasteiger partial charge in [0.25, 0.3) is 15.6 Å². The van der Waals surface area contributed by atoms with Crippen molar-refractivity contribution < 1.29 is 138 Å². The summed E-state index contributed by atoms with van der Waals surface area (Å²) in [5.74, 6) is -8.40. The van der Waals surface area contributed by atoms with Gasteiger partial charge in [-0.1, -0.05) is 130 Å². The molecule has 111 heavy (non-hydrogen) atoms. The number of ether oxygens (including phenoxy) is 23. The molecular weight excluding hydrogens is 1520 g/mol. The van der Waals surface area contributed by atoms with Gasteiger partial charge in [-0.2, -0.15) is 0 Å². The lowest BCUT2D eigenvalue weighted by atomic mass is 9.79. The van der Waals surface area contributed by atoms with E-state index in [1.165, 1.54) is 27.7 Å². The van der Waals surface area contributed by atoms with Crippen molar-refractivity contribution in [3.05, 3.63) is 35.4 Å². The van der Waals surface area contributed by atoms with E-state index in [0.717, 1.165) is 4.90 Å². The number of nitrogens with zero attached hydrogens (tertiary/aromatic N) is 1. The third-order valence-corrected chi connectivity index (χ3v) is 24.5. The van der Waals surface area contributed by atoms with E-state index in [1.54, 1.807) is 66.7 Å². The summed E-state index contributed by atoms with van der Waals surface area (Å²) in [5, 5.41) is 8.26. The fourth-order valence-electron chi connectivity index (χ4n) is 16.6. The van der Waals surface area contributed by atoms with Crippen molar-refractivity contribution in [3.8, 4) is 0 Å². The highest BCUT2D eigenvalue weighted by Crippen LogP contribution is 2.47. The van der Waals surface area contributed by atoms with E-state index in [4.69, 9.17) is 149 Å². The minimum Gasteiger partial charge on any atom is -0.463 e. The number of carbonyl (C=O) groups is 6. The number of imide groups is 1. The SMILES string of the molecule is COCC1O[C@@H](O[C@H]2C(C)C(C)[C@@H](O[C@H]3C(C)C(OC)[C@@H](O[C@H]4C(COC(C)=O)OC(OC(=N)C(Cl)(Cl)Cl)C(C)[C@H]4C)O[C@@H]3COC)O[C@@H]2COC)C(OC)[C@@H](C)[C@H]1O[C@@H]1OC(CN2C(=O)c3ccccc3C2=O)[C@H](O[C@H]2O[C@H](COC(C)=O)[C@@H](O[C@H]3O[C@H](COC(C)=O)[C@@H](C)C(C)C3C)C(C)C2OC(C)=O)[C@H](C)C1C. The maximum Gasteiger partial charge on any atom is 0.303 e. The quantitative estimate of drug-likeness (QED) is 0.0189. The van der Waals surface area contributed by atoms with Crippen LogP contribution in [0.2, 0.25) is 0 Å². The number of nitrogens with one attached hydrogen (secondary N) is 1. The van der Waals surface area contributed by atoms with Gasteiger partial charge in [0.2, 0.25) is 12.2 Å². The lowest BCUT2D eigenvalue weighted by Gasteiger charge is -2.52. The van der Waals surface area contributed by atoms with Gasteiger partial charge in [-0.05, 0) is 41.7 Å². The van der Waals surface area contributed by atoms with Crippen LogP contribution in [0.15, 0.2) is 24.3 Å². The van der Waals surface area contributed by atoms with Crippen LogP contribution in [0.3, 0.4) is 0 Å². The zero-order valence-electron chi connectivity index (χ0n) is 67.4. The van der Waals surface area contributed by atoms with E-state index in [1.807, 2.05) is 69.2 Å². The van der Waals surface area contributed by atoms with Gasteiger partial charge >= 0.3 is 23.9 Å². The van der Waals surface area contributed by atoms with Crippen molar-refractivity contribution in [2.24, 2.45) is 71.0 Å². The van der Waals surface area contributed by atoms with Crippen LogP contribution < -0.4 is 0 Å². The van der Waals surface area contributed by atoms with Gasteiger partial charge in [0, 0.05) is 105 Å². The molecule has 0 aromatic heterocycles. The Bertz CT molecular complexity index is 3230. The number of hydrogen-bond acceptors (Lipinski definition) is 30. The Kier molecular flexibility index (Phi) is 32.6. The molecule has 7 fully saturated rings. The van der Waals surface area contributed by atoms with E-state index in [-0.39, 0.29) is 92.8 Å². The van der Waals surface area contributed by atoms with Crippen LogP contribution in [0.1, 0.15) is 131 Å². The predicted octanol–water partition coefficient (Wildman–Crippen LogP) is 8.26. The molecule has 0 bridgehead atoms. The average molecular weight is 1640 g/mol. The molecule has 2 amide bonds. The first kappa shape index (κ1) is 90.8. The van der Waals surface area contributed by atoms with E-state index in [9.17, 15) is 28.8 Å². The third kappa shape index (κ3) is 21.1. The molecule has 0 spiro atoms. The second-order valence-corrected chi connectivity index (χ2v) is 33.5. The predicted molar refractivity (Wildman–Crippen MR) is 393 cm³/mol. The molecule has 34 heteroatoms. The maximum absolute atomic E-state index is 14.4. The molecule has 1 aromatic rings. The number of benzene rings is 1. The molecular formula is C77H117Cl3N2O29. The number of esters is 4. The second-order valence-electron chi connectivity index (χ2n) is 31.2. The van der Waals surface area contributed by atoms with Gasteiger partial charge in [0.15, 0.2) is 43.8 Å². The maximum atomic E-state index is 14.4. The second kappa shape index (κ2) is 39.9. The molecule has 7 saturated heterocycles. The summed E-state index contributed by atoms with van der Waals surface area (Å²) in [6.07, 6.45) is -20.9. The number of methoxy groups -OCH3 is 5. The first-order valence-electron chi connectivity index (χ1n) is 38.4. The van der Waals surface area contributed by atoms with Crippen molar-refractivity contribution in [3.63, 3.8) is 0 Å². The molecule has 31 nitrogen and oxygen atoms in total. The van der Waals surface area contributed by atoms with E-state index in [0.29, 0.717) is 0 Å². The largest absolute Gasteiger partial charge is 0.463 e. The molecule has 1 N–H and O–H groups in total. The van der Waals surface area contributed by atoms with E-state index < -0.39 is 223 Å².